The lowest BCUT2D eigenvalue weighted by Crippen LogP contribution is -2.58. The van der Waals surface area contributed by atoms with Gasteiger partial charge in [0.1, 0.15) is 6.10 Å². The third kappa shape index (κ3) is 8.89. The Kier molecular flexibility index (Phi) is 10.5. The molecule has 0 aromatic heterocycles. The van der Waals surface area contributed by atoms with E-state index in [-0.39, 0.29) is 37.1 Å². The highest BCUT2D eigenvalue weighted by molar-refractivity contribution is 5.15. The zero-order valence-corrected chi connectivity index (χ0v) is 23.4. The average molecular weight is 568 g/mol. The van der Waals surface area contributed by atoms with E-state index in [9.17, 15) is 13.2 Å². The average Bonchev–Trinajstić information content (AvgIpc) is 3.00. The highest BCUT2D eigenvalue weighted by atomic mass is 19.4. The fourth-order valence-corrected chi connectivity index (χ4v) is 6.05. The van der Waals surface area contributed by atoms with E-state index in [2.05, 4.69) is 4.90 Å². The van der Waals surface area contributed by atoms with Gasteiger partial charge in [0.15, 0.2) is 0 Å². The van der Waals surface area contributed by atoms with Gasteiger partial charge in [0.2, 0.25) is 0 Å². The topological polar surface area (TPSA) is 30.9 Å². The van der Waals surface area contributed by atoms with E-state index >= 15 is 0 Å². The molecule has 1 unspecified atom stereocenters. The van der Waals surface area contributed by atoms with Crippen molar-refractivity contribution in [1.82, 2.24) is 4.90 Å². The number of benzene rings is 3. The van der Waals surface area contributed by atoms with Gasteiger partial charge in [-0.25, -0.2) is 0 Å². The number of likely N-dealkylation sites (tertiary alicyclic amines) is 1. The molecule has 41 heavy (non-hydrogen) atoms. The van der Waals surface area contributed by atoms with E-state index in [1.54, 1.807) is 0 Å². The monoisotopic (exact) mass is 567 g/mol. The minimum Gasteiger partial charge on any atom is -0.369 e. The third-order valence-corrected chi connectivity index (χ3v) is 8.33. The number of alkyl halides is 3. The van der Waals surface area contributed by atoms with Gasteiger partial charge in [-0.05, 0) is 48.3 Å². The Morgan fingerprint density at radius 1 is 0.585 bits per heavy atom. The number of halogens is 3. The van der Waals surface area contributed by atoms with Crippen LogP contribution in [0, 0.1) is 11.8 Å². The molecular formula is C34H40F3NO3. The maximum Gasteiger partial charge on any atom is 0.391 e. The smallest absolute Gasteiger partial charge is 0.369 e. The van der Waals surface area contributed by atoms with Crippen molar-refractivity contribution in [3.05, 3.63) is 108 Å². The predicted molar refractivity (Wildman–Crippen MR) is 153 cm³/mol. The Bertz CT molecular complexity index is 1100. The largest absolute Gasteiger partial charge is 0.391 e. The molecule has 5 rings (SSSR count). The molecule has 2 fully saturated rings. The van der Waals surface area contributed by atoms with Gasteiger partial charge < -0.3 is 14.2 Å². The minimum absolute atomic E-state index is 0.215. The standard InChI is InChI=1S/C34H40F3NO3/c35-34(36,37)30-18-16-26(17-19-30)20-38-21-31(39-23-27-10-4-1-5-11-27)33(41-25-29-14-8-3-9-15-29)32(22-38)40-24-28-12-6-2-7-13-28/h1-15,26,30-33H,16-25H2/t26?,30?,31-,32+,33?. The van der Waals surface area contributed by atoms with E-state index < -0.39 is 12.1 Å². The molecule has 1 aliphatic carbocycles. The van der Waals surface area contributed by atoms with Crippen LogP contribution >= 0.6 is 0 Å². The highest BCUT2D eigenvalue weighted by Gasteiger charge is 2.43. The van der Waals surface area contributed by atoms with Crippen LogP contribution in [0.25, 0.3) is 0 Å². The summed E-state index contributed by atoms with van der Waals surface area (Å²) in [6.45, 7) is 3.39. The lowest BCUT2D eigenvalue weighted by atomic mass is 9.81. The summed E-state index contributed by atoms with van der Waals surface area (Å²) < 4.78 is 59.4. The molecule has 7 heteroatoms. The van der Waals surface area contributed by atoms with Crippen LogP contribution in [0.3, 0.4) is 0 Å². The van der Waals surface area contributed by atoms with Crippen LogP contribution in [0.1, 0.15) is 42.4 Å². The molecular weight excluding hydrogens is 527 g/mol. The van der Waals surface area contributed by atoms with E-state index in [1.165, 1.54) is 0 Å². The first-order valence-corrected chi connectivity index (χ1v) is 14.7. The normalized spacial score (nSPS) is 25.7. The number of rotatable bonds is 11. The molecule has 0 bridgehead atoms. The van der Waals surface area contributed by atoms with Gasteiger partial charge in [-0.3, -0.25) is 4.90 Å². The minimum atomic E-state index is -4.09. The fourth-order valence-electron chi connectivity index (χ4n) is 6.05. The van der Waals surface area contributed by atoms with Crippen molar-refractivity contribution < 1.29 is 27.4 Å². The summed E-state index contributed by atoms with van der Waals surface area (Å²) in [6, 6.07) is 30.2. The summed E-state index contributed by atoms with van der Waals surface area (Å²) in [5, 5.41) is 0. The Balaban J connectivity index is 1.31. The van der Waals surface area contributed by atoms with Crippen molar-refractivity contribution in [2.24, 2.45) is 11.8 Å². The molecule has 2 aliphatic rings. The zero-order valence-electron chi connectivity index (χ0n) is 23.4. The molecule has 1 saturated carbocycles. The van der Waals surface area contributed by atoms with Crippen molar-refractivity contribution in [3.63, 3.8) is 0 Å². The fraction of sp³-hybridized carbons (Fsp3) is 0.471. The predicted octanol–water partition coefficient (Wildman–Crippen LogP) is 7.43. The highest BCUT2D eigenvalue weighted by Crippen LogP contribution is 2.40. The first-order chi connectivity index (χ1) is 19.9. The summed E-state index contributed by atoms with van der Waals surface area (Å²) in [6.07, 6.45) is -3.26. The first-order valence-electron chi connectivity index (χ1n) is 14.7. The third-order valence-electron chi connectivity index (χ3n) is 8.33. The molecule has 3 aromatic rings. The van der Waals surface area contributed by atoms with Crippen molar-refractivity contribution in [2.75, 3.05) is 19.6 Å². The molecule has 220 valence electrons. The van der Waals surface area contributed by atoms with Crippen LogP contribution in [0.15, 0.2) is 91.0 Å². The summed E-state index contributed by atoms with van der Waals surface area (Å²) >= 11 is 0. The van der Waals surface area contributed by atoms with Crippen molar-refractivity contribution in [2.45, 2.75) is 70.0 Å². The Hall–Kier alpha value is -2.71. The van der Waals surface area contributed by atoms with Crippen LogP contribution in [-0.4, -0.2) is 49.0 Å². The van der Waals surface area contributed by atoms with Crippen molar-refractivity contribution >= 4 is 0 Å². The van der Waals surface area contributed by atoms with Crippen molar-refractivity contribution in [1.29, 1.82) is 0 Å². The first kappa shape index (κ1) is 29.8. The van der Waals surface area contributed by atoms with Crippen LogP contribution in [0.4, 0.5) is 13.2 Å². The number of hydrogen-bond acceptors (Lipinski definition) is 4. The molecule has 1 aliphatic heterocycles. The van der Waals surface area contributed by atoms with Crippen molar-refractivity contribution in [3.8, 4) is 0 Å². The van der Waals surface area contributed by atoms with Gasteiger partial charge in [0.25, 0.3) is 0 Å². The SMILES string of the molecule is FC(F)(F)C1CCC(CN2C[C@H](OCc3ccccc3)C(OCc3ccccc3)[C@H](OCc3ccccc3)C2)CC1. The lowest BCUT2D eigenvalue weighted by Gasteiger charge is -2.44. The second-order valence-electron chi connectivity index (χ2n) is 11.4. The van der Waals surface area contributed by atoms with E-state index in [1.807, 2.05) is 91.0 Å². The van der Waals surface area contributed by atoms with Gasteiger partial charge in [-0.2, -0.15) is 13.2 Å². The zero-order chi connectivity index (χ0) is 28.5. The second kappa shape index (κ2) is 14.5. The molecule has 0 N–H and O–H groups in total. The maximum atomic E-state index is 13.3. The maximum absolute atomic E-state index is 13.3. The quantitative estimate of drug-likeness (QED) is 0.241. The number of nitrogens with zero attached hydrogens (tertiary/aromatic N) is 1. The Morgan fingerprint density at radius 3 is 1.41 bits per heavy atom. The van der Waals surface area contributed by atoms with Crippen LogP contribution < -0.4 is 0 Å². The Morgan fingerprint density at radius 2 is 1.00 bits per heavy atom. The van der Waals surface area contributed by atoms with Gasteiger partial charge in [-0.1, -0.05) is 91.0 Å². The van der Waals surface area contributed by atoms with Gasteiger partial charge >= 0.3 is 6.18 Å². The molecule has 0 radical (unpaired) electrons. The van der Waals surface area contributed by atoms with Crippen LogP contribution in [0.2, 0.25) is 0 Å². The van der Waals surface area contributed by atoms with E-state index in [0.29, 0.717) is 45.8 Å². The Labute approximate surface area is 241 Å². The van der Waals surface area contributed by atoms with Crippen LogP contribution in [0.5, 0.6) is 0 Å². The van der Waals surface area contributed by atoms with Gasteiger partial charge in [-0.15, -0.1) is 0 Å². The molecule has 0 amide bonds. The molecule has 3 aromatic carbocycles. The van der Waals surface area contributed by atoms with E-state index in [0.717, 1.165) is 23.2 Å². The van der Waals surface area contributed by atoms with Crippen LogP contribution in [-0.2, 0) is 34.0 Å². The molecule has 1 heterocycles. The molecule has 1 saturated heterocycles. The molecule has 3 atom stereocenters. The number of ether oxygens (including phenoxy) is 3. The summed E-state index contributed by atoms with van der Waals surface area (Å²) in [7, 11) is 0. The lowest BCUT2D eigenvalue weighted by molar-refractivity contribution is -0.190. The number of hydrogen-bond donors (Lipinski definition) is 0. The summed E-state index contributed by atoms with van der Waals surface area (Å²) in [4.78, 5) is 2.33. The summed E-state index contributed by atoms with van der Waals surface area (Å²) in [5.74, 6) is -0.931. The molecule has 4 nitrogen and oxygen atoms in total. The van der Waals surface area contributed by atoms with Gasteiger partial charge in [0.05, 0.1) is 37.9 Å². The van der Waals surface area contributed by atoms with E-state index in [4.69, 9.17) is 14.2 Å². The van der Waals surface area contributed by atoms with Gasteiger partial charge in [0, 0.05) is 19.6 Å². The second-order valence-corrected chi connectivity index (χ2v) is 11.4. The number of piperidine rings is 1. The summed E-state index contributed by atoms with van der Waals surface area (Å²) in [5.41, 5.74) is 3.25. The molecule has 0 spiro atoms.